The van der Waals surface area contributed by atoms with Crippen LogP contribution < -0.4 is 10.0 Å². The third-order valence-electron chi connectivity index (χ3n) is 3.39. The zero-order chi connectivity index (χ0) is 12.2. The average Bonchev–Trinajstić information content (AvgIpc) is 2.49. The smallest absolute Gasteiger partial charge is 0.0574 e. The number of rotatable bonds is 2. The molecule has 0 bridgehead atoms. The van der Waals surface area contributed by atoms with E-state index in [0.29, 0.717) is 0 Å². The fourth-order valence-electron chi connectivity index (χ4n) is 2.50. The standard InChI is InChI=1S/C16H18N2/c1-3-9-15(10-4-1)17-13-7-8-14-18(17)16-11-5-2-6-12-16/h1-6,9-12H,7-8,13-14H2. The fraction of sp³-hybridized carbons (Fsp3) is 0.250. The molecule has 2 nitrogen and oxygen atoms in total. The third kappa shape index (κ3) is 2.19. The van der Waals surface area contributed by atoms with Gasteiger partial charge in [-0.3, -0.25) is 10.0 Å². The molecule has 0 unspecified atom stereocenters. The van der Waals surface area contributed by atoms with E-state index in [1.54, 1.807) is 0 Å². The van der Waals surface area contributed by atoms with Crippen molar-refractivity contribution in [1.82, 2.24) is 0 Å². The molecule has 1 heterocycles. The summed E-state index contributed by atoms with van der Waals surface area (Å²) in [6.07, 6.45) is 2.52. The summed E-state index contributed by atoms with van der Waals surface area (Å²) < 4.78 is 0. The van der Waals surface area contributed by atoms with E-state index in [1.165, 1.54) is 24.2 Å². The van der Waals surface area contributed by atoms with E-state index in [-0.39, 0.29) is 0 Å². The molecular formula is C16H18N2. The molecule has 1 fully saturated rings. The molecule has 18 heavy (non-hydrogen) atoms. The normalized spacial score (nSPS) is 15.8. The molecule has 0 amide bonds. The molecule has 0 aliphatic carbocycles. The van der Waals surface area contributed by atoms with E-state index in [9.17, 15) is 0 Å². The lowest BCUT2D eigenvalue weighted by atomic mass is 10.2. The van der Waals surface area contributed by atoms with Gasteiger partial charge in [0.05, 0.1) is 11.4 Å². The predicted octanol–water partition coefficient (Wildman–Crippen LogP) is 3.71. The van der Waals surface area contributed by atoms with Crippen LogP contribution >= 0.6 is 0 Å². The van der Waals surface area contributed by atoms with Gasteiger partial charge in [0.15, 0.2) is 0 Å². The number of hydrogen-bond donors (Lipinski definition) is 0. The van der Waals surface area contributed by atoms with Crippen LogP contribution in [0.4, 0.5) is 11.4 Å². The highest BCUT2D eigenvalue weighted by Crippen LogP contribution is 2.26. The Morgan fingerprint density at radius 1 is 0.556 bits per heavy atom. The van der Waals surface area contributed by atoms with Crippen molar-refractivity contribution < 1.29 is 0 Å². The molecule has 1 aliphatic rings. The minimum atomic E-state index is 1.10. The lowest BCUT2D eigenvalue weighted by molar-refractivity contribution is 0.575. The van der Waals surface area contributed by atoms with E-state index >= 15 is 0 Å². The molecule has 2 aromatic rings. The molecular weight excluding hydrogens is 220 g/mol. The highest BCUT2D eigenvalue weighted by molar-refractivity contribution is 5.58. The maximum absolute atomic E-state index is 2.39. The van der Waals surface area contributed by atoms with Crippen LogP contribution in [0, 0.1) is 0 Å². The molecule has 1 saturated heterocycles. The quantitative estimate of drug-likeness (QED) is 0.787. The van der Waals surface area contributed by atoms with Crippen LogP contribution in [-0.2, 0) is 0 Å². The Kier molecular flexibility index (Phi) is 3.18. The lowest BCUT2D eigenvalue weighted by Crippen LogP contribution is -2.47. The first-order valence-electron chi connectivity index (χ1n) is 6.60. The van der Waals surface area contributed by atoms with Gasteiger partial charge in [-0.05, 0) is 37.1 Å². The summed E-state index contributed by atoms with van der Waals surface area (Å²) in [6.45, 7) is 2.19. The minimum absolute atomic E-state index is 1.10. The Morgan fingerprint density at radius 3 is 1.33 bits per heavy atom. The minimum Gasteiger partial charge on any atom is -0.285 e. The van der Waals surface area contributed by atoms with Gasteiger partial charge in [-0.1, -0.05) is 36.4 Å². The zero-order valence-electron chi connectivity index (χ0n) is 10.5. The molecule has 2 aromatic carbocycles. The van der Waals surface area contributed by atoms with Gasteiger partial charge < -0.3 is 0 Å². The van der Waals surface area contributed by atoms with E-state index in [0.717, 1.165) is 13.1 Å². The molecule has 0 spiro atoms. The van der Waals surface area contributed by atoms with Gasteiger partial charge in [0, 0.05) is 13.1 Å². The second-order valence-corrected chi connectivity index (χ2v) is 4.62. The molecule has 2 heteroatoms. The Balaban J connectivity index is 1.92. The van der Waals surface area contributed by atoms with Crippen molar-refractivity contribution in [1.29, 1.82) is 0 Å². The lowest BCUT2D eigenvalue weighted by Gasteiger charge is -2.41. The van der Waals surface area contributed by atoms with Gasteiger partial charge >= 0.3 is 0 Å². The monoisotopic (exact) mass is 238 g/mol. The van der Waals surface area contributed by atoms with Gasteiger partial charge in [0.1, 0.15) is 0 Å². The van der Waals surface area contributed by atoms with Crippen LogP contribution in [0.2, 0.25) is 0 Å². The summed E-state index contributed by atoms with van der Waals surface area (Å²) in [5.74, 6) is 0. The summed E-state index contributed by atoms with van der Waals surface area (Å²) >= 11 is 0. The number of hydrogen-bond acceptors (Lipinski definition) is 2. The van der Waals surface area contributed by atoms with Crippen molar-refractivity contribution in [3.63, 3.8) is 0 Å². The SMILES string of the molecule is c1ccc(N2CCCCN2c2ccccc2)cc1. The van der Waals surface area contributed by atoms with Crippen LogP contribution in [-0.4, -0.2) is 13.1 Å². The maximum Gasteiger partial charge on any atom is 0.0574 e. The molecule has 0 atom stereocenters. The highest BCUT2D eigenvalue weighted by Gasteiger charge is 2.20. The molecule has 0 N–H and O–H groups in total. The van der Waals surface area contributed by atoms with Gasteiger partial charge in [0.25, 0.3) is 0 Å². The van der Waals surface area contributed by atoms with Gasteiger partial charge in [-0.2, -0.15) is 0 Å². The Hall–Kier alpha value is -1.96. The predicted molar refractivity (Wildman–Crippen MR) is 76.8 cm³/mol. The average molecular weight is 238 g/mol. The molecule has 0 aromatic heterocycles. The van der Waals surface area contributed by atoms with Crippen molar-refractivity contribution in [3.8, 4) is 0 Å². The topological polar surface area (TPSA) is 6.48 Å². The third-order valence-corrected chi connectivity index (χ3v) is 3.39. The first kappa shape index (κ1) is 11.1. The van der Waals surface area contributed by atoms with E-state index in [1.807, 2.05) is 0 Å². The first-order valence-corrected chi connectivity index (χ1v) is 6.60. The molecule has 3 rings (SSSR count). The Labute approximate surface area is 108 Å². The van der Waals surface area contributed by atoms with Gasteiger partial charge in [0.2, 0.25) is 0 Å². The van der Waals surface area contributed by atoms with Crippen LogP contribution in [0.5, 0.6) is 0 Å². The zero-order valence-corrected chi connectivity index (χ0v) is 10.5. The highest BCUT2D eigenvalue weighted by atomic mass is 15.6. The summed E-state index contributed by atoms with van der Waals surface area (Å²) in [7, 11) is 0. The second-order valence-electron chi connectivity index (χ2n) is 4.62. The van der Waals surface area contributed by atoms with Crippen molar-refractivity contribution in [3.05, 3.63) is 60.7 Å². The number of nitrogens with zero attached hydrogens (tertiary/aromatic N) is 2. The van der Waals surface area contributed by atoms with E-state index in [4.69, 9.17) is 0 Å². The Bertz CT molecular complexity index is 433. The summed E-state index contributed by atoms with van der Waals surface area (Å²) in [5, 5.41) is 4.78. The summed E-state index contributed by atoms with van der Waals surface area (Å²) in [4.78, 5) is 0. The largest absolute Gasteiger partial charge is 0.285 e. The van der Waals surface area contributed by atoms with E-state index in [2.05, 4.69) is 70.7 Å². The van der Waals surface area contributed by atoms with Crippen molar-refractivity contribution in [2.75, 3.05) is 23.1 Å². The van der Waals surface area contributed by atoms with Crippen molar-refractivity contribution in [2.24, 2.45) is 0 Å². The van der Waals surface area contributed by atoms with Crippen molar-refractivity contribution in [2.45, 2.75) is 12.8 Å². The van der Waals surface area contributed by atoms with Crippen LogP contribution in [0.1, 0.15) is 12.8 Å². The molecule has 0 saturated carbocycles. The van der Waals surface area contributed by atoms with Crippen LogP contribution in [0.3, 0.4) is 0 Å². The van der Waals surface area contributed by atoms with Gasteiger partial charge in [-0.25, -0.2) is 0 Å². The molecule has 1 aliphatic heterocycles. The first-order chi connectivity index (χ1) is 8.95. The summed E-state index contributed by atoms with van der Waals surface area (Å²) in [6, 6.07) is 21.3. The maximum atomic E-state index is 2.39. The molecule has 92 valence electrons. The number of hydrazine groups is 1. The Morgan fingerprint density at radius 2 is 0.944 bits per heavy atom. The number of para-hydroxylation sites is 2. The summed E-state index contributed by atoms with van der Waals surface area (Å²) in [5.41, 5.74) is 2.56. The van der Waals surface area contributed by atoms with Crippen molar-refractivity contribution >= 4 is 11.4 Å². The second kappa shape index (κ2) is 5.13. The van der Waals surface area contributed by atoms with E-state index < -0.39 is 0 Å². The fourth-order valence-corrected chi connectivity index (χ4v) is 2.50. The number of anilines is 2. The molecule has 0 radical (unpaired) electrons. The van der Waals surface area contributed by atoms with Gasteiger partial charge in [-0.15, -0.1) is 0 Å². The van der Waals surface area contributed by atoms with Crippen LogP contribution in [0.15, 0.2) is 60.7 Å². The number of benzene rings is 2. The van der Waals surface area contributed by atoms with Crippen LogP contribution in [0.25, 0.3) is 0 Å².